The number of rotatable bonds is 7. The molecule has 0 bridgehead atoms. The molecule has 0 fully saturated rings. The van der Waals surface area contributed by atoms with Crippen molar-refractivity contribution in [2.24, 2.45) is 5.92 Å². The first-order valence-corrected chi connectivity index (χ1v) is 7.02. The molecule has 1 unspecified atom stereocenters. The first-order valence-electron chi connectivity index (χ1n) is 7.02. The van der Waals surface area contributed by atoms with Crippen LogP contribution in [0.25, 0.3) is 0 Å². The van der Waals surface area contributed by atoms with Crippen molar-refractivity contribution in [3.8, 4) is 0 Å². The molecule has 0 amide bonds. The van der Waals surface area contributed by atoms with Crippen molar-refractivity contribution in [3.63, 3.8) is 0 Å². The lowest BCUT2D eigenvalue weighted by molar-refractivity contribution is 0.147. The normalized spacial score (nSPS) is 13.3. The highest BCUT2D eigenvalue weighted by Crippen LogP contribution is 2.19. The van der Waals surface area contributed by atoms with E-state index in [1.807, 2.05) is 0 Å². The molecule has 1 aromatic rings. The molecule has 0 aromatic heterocycles. The highest BCUT2D eigenvalue weighted by atomic mass is 19.1. The SMILES string of the molecule is Cc1ccc(C(O)CCN(C)CCC(C)C)cc1F. The van der Waals surface area contributed by atoms with Crippen LogP contribution < -0.4 is 0 Å². The zero-order valence-corrected chi connectivity index (χ0v) is 12.5. The van der Waals surface area contributed by atoms with Gasteiger partial charge in [0.25, 0.3) is 0 Å². The number of halogens is 1. The number of hydrogen-bond donors (Lipinski definition) is 1. The average molecular weight is 267 g/mol. The molecule has 108 valence electrons. The number of aryl methyl sites for hydroxylation is 1. The van der Waals surface area contributed by atoms with Crippen LogP contribution >= 0.6 is 0 Å². The lowest BCUT2D eigenvalue weighted by Crippen LogP contribution is -2.23. The number of benzene rings is 1. The monoisotopic (exact) mass is 267 g/mol. The predicted octanol–water partition coefficient (Wildman–Crippen LogP) is 3.54. The molecular formula is C16H26FNO. The van der Waals surface area contributed by atoms with Gasteiger partial charge in [-0.15, -0.1) is 0 Å². The van der Waals surface area contributed by atoms with Crippen LogP contribution in [0.3, 0.4) is 0 Å². The smallest absolute Gasteiger partial charge is 0.126 e. The van der Waals surface area contributed by atoms with E-state index < -0.39 is 6.10 Å². The second-order valence-corrected chi connectivity index (χ2v) is 5.80. The second-order valence-electron chi connectivity index (χ2n) is 5.80. The van der Waals surface area contributed by atoms with Gasteiger partial charge in [0.15, 0.2) is 0 Å². The van der Waals surface area contributed by atoms with Crippen LogP contribution in [0.2, 0.25) is 0 Å². The van der Waals surface area contributed by atoms with Crippen LogP contribution in [0.4, 0.5) is 4.39 Å². The molecule has 1 N–H and O–H groups in total. The van der Waals surface area contributed by atoms with Crippen molar-refractivity contribution in [1.29, 1.82) is 0 Å². The Morgan fingerprint density at radius 2 is 1.84 bits per heavy atom. The van der Waals surface area contributed by atoms with Crippen molar-refractivity contribution in [2.45, 2.75) is 39.7 Å². The van der Waals surface area contributed by atoms with Gasteiger partial charge in [-0.2, -0.15) is 0 Å². The quantitative estimate of drug-likeness (QED) is 0.817. The van der Waals surface area contributed by atoms with E-state index in [1.165, 1.54) is 6.07 Å². The van der Waals surface area contributed by atoms with Crippen LogP contribution in [-0.2, 0) is 0 Å². The molecule has 1 rings (SSSR count). The Morgan fingerprint density at radius 1 is 1.21 bits per heavy atom. The van der Waals surface area contributed by atoms with Gasteiger partial charge in [-0.05, 0) is 56.5 Å². The highest BCUT2D eigenvalue weighted by molar-refractivity contribution is 5.24. The van der Waals surface area contributed by atoms with E-state index in [0.717, 1.165) is 19.5 Å². The number of aliphatic hydroxyl groups excluding tert-OH is 1. The van der Waals surface area contributed by atoms with Crippen LogP contribution in [0.5, 0.6) is 0 Å². The molecule has 0 radical (unpaired) electrons. The summed E-state index contributed by atoms with van der Waals surface area (Å²) in [5.41, 5.74) is 1.28. The van der Waals surface area contributed by atoms with Gasteiger partial charge in [0.1, 0.15) is 5.82 Å². The lowest BCUT2D eigenvalue weighted by Gasteiger charge is -2.20. The highest BCUT2D eigenvalue weighted by Gasteiger charge is 2.11. The molecule has 0 spiro atoms. The van der Waals surface area contributed by atoms with E-state index in [1.54, 1.807) is 19.1 Å². The zero-order valence-electron chi connectivity index (χ0n) is 12.5. The molecule has 2 nitrogen and oxygen atoms in total. The first-order chi connectivity index (χ1) is 8.90. The second kappa shape index (κ2) is 7.61. The fourth-order valence-electron chi connectivity index (χ4n) is 1.92. The minimum Gasteiger partial charge on any atom is -0.388 e. The zero-order chi connectivity index (χ0) is 14.4. The van der Waals surface area contributed by atoms with E-state index >= 15 is 0 Å². The summed E-state index contributed by atoms with van der Waals surface area (Å²) in [5.74, 6) is 0.447. The predicted molar refractivity (Wildman–Crippen MR) is 77.7 cm³/mol. The molecule has 0 heterocycles. The van der Waals surface area contributed by atoms with Gasteiger partial charge in [-0.25, -0.2) is 4.39 Å². The molecule has 0 aliphatic heterocycles. The summed E-state index contributed by atoms with van der Waals surface area (Å²) in [7, 11) is 2.06. The van der Waals surface area contributed by atoms with E-state index in [9.17, 15) is 9.50 Å². The maximum atomic E-state index is 13.4. The summed E-state index contributed by atoms with van der Waals surface area (Å²) in [6.07, 6.45) is 1.21. The van der Waals surface area contributed by atoms with E-state index in [-0.39, 0.29) is 5.82 Å². The minimum atomic E-state index is -0.586. The molecule has 1 atom stereocenters. The van der Waals surface area contributed by atoms with Crippen molar-refractivity contribution in [2.75, 3.05) is 20.1 Å². The standard InChI is InChI=1S/C16H26FNO/c1-12(2)7-9-18(4)10-8-16(19)14-6-5-13(3)15(17)11-14/h5-6,11-12,16,19H,7-10H2,1-4H3. The van der Waals surface area contributed by atoms with Crippen LogP contribution in [0, 0.1) is 18.7 Å². The molecular weight excluding hydrogens is 241 g/mol. The Kier molecular flexibility index (Phi) is 6.46. The van der Waals surface area contributed by atoms with E-state index in [0.29, 0.717) is 23.5 Å². The summed E-state index contributed by atoms with van der Waals surface area (Å²) in [6, 6.07) is 4.96. The third-order valence-corrected chi connectivity index (χ3v) is 3.45. The number of nitrogens with zero attached hydrogens (tertiary/aromatic N) is 1. The fourth-order valence-corrected chi connectivity index (χ4v) is 1.92. The summed E-state index contributed by atoms with van der Waals surface area (Å²) in [4.78, 5) is 2.22. The molecule has 0 aliphatic carbocycles. The Labute approximate surface area is 116 Å². The summed E-state index contributed by atoms with van der Waals surface area (Å²) >= 11 is 0. The van der Waals surface area contributed by atoms with Gasteiger partial charge >= 0.3 is 0 Å². The first kappa shape index (κ1) is 16.1. The van der Waals surface area contributed by atoms with Crippen LogP contribution in [0.1, 0.15) is 43.9 Å². The fraction of sp³-hybridized carbons (Fsp3) is 0.625. The van der Waals surface area contributed by atoms with Crippen molar-refractivity contribution in [1.82, 2.24) is 4.90 Å². The van der Waals surface area contributed by atoms with Crippen molar-refractivity contribution >= 4 is 0 Å². The summed E-state index contributed by atoms with van der Waals surface area (Å²) in [6.45, 7) is 8.00. The Hall–Kier alpha value is -0.930. The van der Waals surface area contributed by atoms with Crippen molar-refractivity contribution in [3.05, 3.63) is 35.1 Å². The van der Waals surface area contributed by atoms with E-state index in [4.69, 9.17) is 0 Å². The topological polar surface area (TPSA) is 23.5 Å². The number of hydrogen-bond acceptors (Lipinski definition) is 2. The molecule has 0 saturated heterocycles. The Morgan fingerprint density at radius 3 is 2.42 bits per heavy atom. The molecule has 0 aliphatic rings. The van der Waals surface area contributed by atoms with E-state index in [2.05, 4.69) is 25.8 Å². The molecule has 1 aromatic carbocycles. The average Bonchev–Trinajstić information content (AvgIpc) is 2.36. The van der Waals surface area contributed by atoms with Gasteiger partial charge in [0.2, 0.25) is 0 Å². The third-order valence-electron chi connectivity index (χ3n) is 3.45. The largest absolute Gasteiger partial charge is 0.388 e. The molecule has 19 heavy (non-hydrogen) atoms. The van der Waals surface area contributed by atoms with Crippen molar-refractivity contribution < 1.29 is 9.50 Å². The Balaban J connectivity index is 2.42. The van der Waals surface area contributed by atoms with Gasteiger partial charge in [-0.3, -0.25) is 0 Å². The van der Waals surface area contributed by atoms with Gasteiger partial charge in [0, 0.05) is 6.54 Å². The van der Waals surface area contributed by atoms with Gasteiger partial charge in [-0.1, -0.05) is 26.0 Å². The molecule has 3 heteroatoms. The summed E-state index contributed by atoms with van der Waals surface area (Å²) < 4.78 is 13.4. The minimum absolute atomic E-state index is 0.246. The van der Waals surface area contributed by atoms with Crippen LogP contribution in [0.15, 0.2) is 18.2 Å². The lowest BCUT2D eigenvalue weighted by atomic mass is 10.0. The Bertz CT molecular complexity index is 392. The number of aliphatic hydroxyl groups is 1. The maximum absolute atomic E-state index is 13.4. The third kappa shape index (κ3) is 5.70. The summed E-state index contributed by atoms with van der Waals surface area (Å²) in [5, 5.41) is 10.1. The molecule has 0 saturated carbocycles. The van der Waals surface area contributed by atoms with Gasteiger partial charge < -0.3 is 10.0 Å². The van der Waals surface area contributed by atoms with Crippen LogP contribution in [-0.4, -0.2) is 30.1 Å². The van der Waals surface area contributed by atoms with Gasteiger partial charge in [0.05, 0.1) is 6.10 Å². The maximum Gasteiger partial charge on any atom is 0.126 e.